The quantitative estimate of drug-likeness (QED) is 0.359. The van der Waals surface area contributed by atoms with Crippen molar-refractivity contribution in [1.82, 2.24) is 0 Å². The molecule has 0 spiro atoms. The lowest BCUT2D eigenvalue weighted by molar-refractivity contribution is -0.137. The summed E-state index contributed by atoms with van der Waals surface area (Å²) in [4.78, 5) is 11.4. The molecule has 17 heavy (non-hydrogen) atoms. The lowest BCUT2D eigenvalue weighted by atomic mass is 10.0. The fraction of sp³-hybridized carbons (Fsp3) is 0.533. The van der Waals surface area contributed by atoms with Crippen molar-refractivity contribution in [3.63, 3.8) is 0 Å². The van der Waals surface area contributed by atoms with E-state index in [1.807, 2.05) is 6.08 Å². The number of rotatable bonds is 8. The second-order valence-electron chi connectivity index (χ2n) is 3.90. The molecule has 0 amide bonds. The minimum atomic E-state index is -0.291. The van der Waals surface area contributed by atoms with Crippen LogP contribution in [0.15, 0.2) is 36.0 Å². The summed E-state index contributed by atoms with van der Waals surface area (Å²) >= 11 is 0. The fourth-order valence-corrected chi connectivity index (χ4v) is 1.40. The summed E-state index contributed by atoms with van der Waals surface area (Å²) in [5.74, 6) is -0.291. The Kier molecular flexibility index (Phi) is 9.12. The molecule has 0 rings (SSSR count). The van der Waals surface area contributed by atoms with E-state index in [1.165, 1.54) is 6.08 Å². The number of ether oxygens (including phenoxy) is 1. The average Bonchev–Trinajstić information content (AvgIpc) is 2.28. The van der Waals surface area contributed by atoms with Gasteiger partial charge in [-0.15, -0.1) is 0 Å². The van der Waals surface area contributed by atoms with E-state index in [9.17, 15) is 4.79 Å². The Bertz CT molecular complexity index is 298. The number of hydrogen-bond acceptors (Lipinski definition) is 2. The van der Waals surface area contributed by atoms with Crippen molar-refractivity contribution >= 4 is 5.97 Å². The average molecular weight is 236 g/mol. The molecule has 0 aromatic rings. The zero-order valence-corrected chi connectivity index (χ0v) is 11.3. The van der Waals surface area contributed by atoms with E-state index in [4.69, 9.17) is 4.74 Å². The van der Waals surface area contributed by atoms with Crippen LogP contribution in [0.5, 0.6) is 0 Å². The predicted octanol–water partition coefficient (Wildman–Crippen LogP) is 4.19. The van der Waals surface area contributed by atoms with E-state index in [0.717, 1.165) is 36.8 Å². The Morgan fingerprint density at radius 2 is 1.94 bits per heavy atom. The molecule has 0 radical (unpaired) electrons. The van der Waals surface area contributed by atoms with Crippen molar-refractivity contribution in [2.45, 2.75) is 46.5 Å². The number of carbonyl (C=O) groups excluding carboxylic acids is 1. The summed E-state index contributed by atoms with van der Waals surface area (Å²) in [7, 11) is 0. The van der Waals surface area contributed by atoms with Crippen LogP contribution in [0.2, 0.25) is 0 Å². The normalized spacial score (nSPS) is 11.8. The van der Waals surface area contributed by atoms with Gasteiger partial charge in [-0.1, -0.05) is 45.4 Å². The van der Waals surface area contributed by atoms with E-state index in [-0.39, 0.29) is 5.97 Å². The lowest BCUT2D eigenvalue weighted by Crippen LogP contribution is -2.01. The molecule has 2 nitrogen and oxygen atoms in total. The molecule has 0 aromatic carbocycles. The van der Waals surface area contributed by atoms with Crippen molar-refractivity contribution < 1.29 is 9.53 Å². The zero-order chi connectivity index (χ0) is 13.1. The smallest absolute Gasteiger partial charge is 0.331 e. The molecule has 0 heterocycles. The Labute approximate surface area is 105 Å². The van der Waals surface area contributed by atoms with Crippen molar-refractivity contribution in [2.75, 3.05) is 6.61 Å². The Morgan fingerprint density at radius 3 is 2.47 bits per heavy atom. The second kappa shape index (κ2) is 9.88. The largest absolute Gasteiger partial charge is 0.463 e. The van der Waals surface area contributed by atoms with E-state index in [1.54, 1.807) is 6.92 Å². The van der Waals surface area contributed by atoms with Gasteiger partial charge in [0.05, 0.1) is 6.61 Å². The molecule has 0 aliphatic rings. The zero-order valence-electron chi connectivity index (χ0n) is 11.3. The van der Waals surface area contributed by atoms with Crippen LogP contribution in [-0.2, 0) is 9.53 Å². The van der Waals surface area contributed by atoms with Crippen LogP contribution in [0.3, 0.4) is 0 Å². The predicted molar refractivity (Wildman–Crippen MR) is 72.8 cm³/mol. The van der Waals surface area contributed by atoms with Crippen LogP contribution in [-0.4, -0.2) is 12.6 Å². The minimum absolute atomic E-state index is 0.291. The highest BCUT2D eigenvalue weighted by atomic mass is 16.5. The molecule has 0 aliphatic carbocycles. The van der Waals surface area contributed by atoms with Gasteiger partial charge in [-0.05, 0) is 30.9 Å². The lowest BCUT2D eigenvalue weighted by Gasteiger charge is -2.05. The third-order valence-electron chi connectivity index (χ3n) is 2.27. The maximum Gasteiger partial charge on any atom is 0.331 e. The SMILES string of the molecule is C=C(CCC)C(=C\C(=O)OCC)/C=C/CCC. The summed E-state index contributed by atoms with van der Waals surface area (Å²) in [5.41, 5.74) is 1.88. The highest BCUT2D eigenvalue weighted by Gasteiger charge is 2.03. The van der Waals surface area contributed by atoms with Gasteiger partial charge in [0.2, 0.25) is 0 Å². The Balaban J connectivity index is 4.71. The van der Waals surface area contributed by atoms with Gasteiger partial charge in [0.25, 0.3) is 0 Å². The van der Waals surface area contributed by atoms with Gasteiger partial charge in [0.1, 0.15) is 0 Å². The summed E-state index contributed by atoms with van der Waals surface area (Å²) in [5, 5.41) is 0. The third kappa shape index (κ3) is 7.56. The first kappa shape index (κ1) is 15.7. The molecule has 0 bridgehead atoms. The van der Waals surface area contributed by atoms with Gasteiger partial charge < -0.3 is 4.74 Å². The van der Waals surface area contributed by atoms with Gasteiger partial charge in [-0.3, -0.25) is 0 Å². The summed E-state index contributed by atoms with van der Waals surface area (Å²) < 4.78 is 4.92. The monoisotopic (exact) mass is 236 g/mol. The highest BCUT2D eigenvalue weighted by Crippen LogP contribution is 2.16. The molecule has 0 aliphatic heterocycles. The first-order valence-corrected chi connectivity index (χ1v) is 6.38. The molecule has 0 saturated heterocycles. The first-order valence-electron chi connectivity index (χ1n) is 6.38. The molecule has 0 saturated carbocycles. The molecule has 0 unspecified atom stereocenters. The number of carbonyl (C=O) groups is 1. The standard InChI is InChI=1S/C15H24O2/c1-5-8-9-11-14(13(4)10-6-2)12-15(16)17-7-3/h9,11-12H,4-8,10H2,1-3H3/b11-9+,14-12-. The maximum absolute atomic E-state index is 11.4. The van der Waals surface area contributed by atoms with E-state index in [2.05, 4.69) is 26.5 Å². The topological polar surface area (TPSA) is 26.3 Å². The van der Waals surface area contributed by atoms with Gasteiger partial charge in [0, 0.05) is 6.08 Å². The summed E-state index contributed by atoms with van der Waals surface area (Å²) in [6, 6.07) is 0. The number of hydrogen-bond donors (Lipinski definition) is 0. The second-order valence-corrected chi connectivity index (χ2v) is 3.90. The van der Waals surface area contributed by atoms with Crippen LogP contribution in [0, 0.1) is 0 Å². The van der Waals surface area contributed by atoms with Crippen LogP contribution >= 0.6 is 0 Å². The van der Waals surface area contributed by atoms with Crippen LogP contribution < -0.4 is 0 Å². The Hall–Kier alpha value is -1.31. The molecule has 96 valence electrons. The molecule has 0 aromatic heterocycles. The number of esters is 1. The molecular weight excluding hydrogens is 212 g/mol. The number of allylic oxidation sites excluding steroid dienone is 4. The van der Waals surface area contributed by atoms with E-state index in [0.29, 0.717) is 6.61 Å². The summed E-state index contributed by atoms with van der Waals surface area (Å²) in [6.07, 6.45) is 9.63. The molecule has 0 fully saturated rings. The van der Waals surface area contributed by atoms with Gasteiger partial charge >= 0.3 is 5.97 Å². The van der Waals surface area contributed by atoms with E-state index < -0.39 is 0 Å². The van der Waals surface area contributed by atoms with Crippen LogP contribution in [0.4, 0.5) is 0 Å². The maximum atomic E-state index is 11.4. The first-order chi connectivity index (χ1) is 8.15. The van der Waals surface area contributed by atoms with Crippen molar-refractivity contribution in [2.24, 2.45) is 0 Å². The Morgan fingerprint density at radius 1 is 1.24 bits per heavy atom. The van der Waals surface area contributed by atoms with Gasteiger partial charge in [-0.25, -0.2) is 4.79 Å². The minimum Gasteiger partial charge on any atom is -0.463 e. The highest BCUT2D eigenvalue weighted by molar-refractivity contribution is 5.84. The van der Waals surface area contributed by atoms with Crippen LogP contribution in [0.25, 0.3) is 0 Å². The summed E-state index contributed by atoms with van der Waals surface area (Å²) in [6.45, 7) is 10.4. The molecular formula is C15H24O2. The third-order valence-corrected chi connectivity index (χ3v) is 2.27. The molecule has 0 atom stereocenters. The van der Waals surface area contributed by atoms with E-state index >= 15 is 0 Å². The van der Waals surface area contributed by atoms with Gasteiger partial charge in [0.15, 0.2) is 0 Å². The van der Waals surface area contributed by atoms with Crippen LogP contribution in [0.1, 0.15) is 46.5 Å². The molecule has 0 N–H and O–H groups in total. The van der Waals surface area contributed by atoms with Crippen molar-refractivity contribution in [3.8, 4) is 0 Å². The number of unbranched alkanes of at least 4 members (excludes halogenated alkanes) is 1. The fourth-order valence-electron chi connectivity index (χ4n) is 1.40. The molecule has 2 heteroatoms. The van der Waals surface area contributed by atoms with Crippen molar-refractivity contribution in [1.29, 1.82) is 0 Å². The van der Waals surface area contributed by atoms with Gasteiger partial charge in [-0.2, -0.15) is 0 Å². The van der Waals surface area contributed by atoms with Crippen molar-refractivity contribution in [3.05, 3.63) is 36.0 Å².